The highest BCUT2D eigenvalue weighted by molar-refractivity contribution is 6.31. The molecular formula is C30H41ClN6. The molecule has 5 N–H and O–H groups in total. The fourth-order valence-electron chi connectivity index (χ4n) is 4.56. The van der Waals surface area contributed by atoms with Crippen LogP contribution in [0.3, 0.4) is 0 Å². The first-order valence-electron chi connectivity index (χ1n) is 13.0. The van der Waals surface area contributed by atoms with Crippen molar-refractivity contribution in [3.05, 3.63) is 88.2 Å². The zero-order valence-corrected chi connectivity index (χ0v) is 23.4. The normalized spacial score (nSPS) is 11.6. The van der Waals surface area contributed by atoms with Crippen molar-refractivity contribution >= 4 is 17.6 Å². The van der Waals surface area contributed by atoms with Crippen molar-refractivity contribution in [2.75, 3.05) is 26.2 Å². The lowest BCUT2D eigenvalue weighted by Gasteiger charge is -2.40. The Morgan fingerprint density at radius 3 is 2.57 bits per heavy atom. The molecule has 6 nitrogen and oxygen atoms in total. The summed E-state index contributed by atoms with van der Waals surface area (Å²) in [6.45, 7) is 13.1. The molecule has 198 valence electrons. The van der Waals surface area contributed by atoms with Gasteiger partial charge in [-0.3, -0.25) is 14.9 Å². The zero-order valence-electron chi connectivity index (χ0n) is 22.6. The number of guanidine groups is 1. The number of halogens is 1. The number of aliphatic imine (C=N–C) groups is 1. The van der Waals surface area contributed by atoms with Crippen LogP contribution in [0.2, 0.25) is 5.02 Å². The molecule has 0 bridgehead atoms. The quantitative estimate of drug-likeness (QED) is 0.159. The van der Waals surface area contributed by atoms with Gasteiger partial charge in [0.25, 0.3) is 0 Å². The third kappa shape index (κ3) is 8.03. The van der Waals surface area contributed by atoms with Crippen LogP contribution < -0.4 is 16.8 Å². The number of benzene rings is 2. The Morgan fingerprint density at radius 1 is 1.05 bits per heavy atom. The molecule has 0 saturated heterocycles. The topological polar surface area (TPSA) is 92.6 Å². The molecule has 1 aromatic heterocycles. The maximum absolute atomic E-state index is 6.48. The van der Waals surface area contributed by atoms with E-state index in [0.717, 1.165) is 49.6 Å². The standard InChI is InChI=1S/C30H41ClN6/c1-22-20-35-17-13-27(22)24-9-5-11-26(19-24)30(3,4)37(21-25-10-6-12-28(31)23(25)2)18-8-15-34-14-7-16-36-29(32)33/h5-6,9-13,17,19-20,34H,7-8,14-16,18,21H2,1-4H3,(H4,32,33,36). The number of hydrogen-bond donors (Lipinski definition) is 3. The first-order chi connectivity index (χ1) is 17.7. The third-order valence-electron chi connectivity index (χ3n) is 7.02. The molecule has 0 fully saturated rings. The molecule has 0 radical (unpaired) electrons. The van der Waals surface area contributed by atoms with Gasteiger partial charge in [0, 0.05) is 42.6 Å². The number of aryl methyl sites for hydroxylation is 1. The molecule has 37 heavy (non-hydrogen) atoms. The lowest BCUT2D eigenvalue weighted by Crippen LogP contribution is -2.42. The van der Waals surface area contributed by atoms with Gasteiger partial charge in [-0.1, -0.05) is 41.9 Å². The Labute approximate surface area is 227 Å². The first kappa shape index (κ1) is 28.6. The minimum atomic E-state index is -0.195. The SMILES string of the molecule is Cc1cnccc1-c1cccc(C(C)(C)N(CCCNCCCN=C(N)N)Cc2cccc(Cl)c2C)c1. The van der Waals surface area contributed by atoms with Gasteiger partial charge in [-0.25, -0.2) is 0 Å². The molecule has 0 aliphatic rings. The highest BCUT2D eigenvalue weighted by Gasteiger charge is 2.29. The predicted octanol–water partition coefficient (Wildman–Crippen LogP) is 5.40. The van der Waals surface area contributed by atoms with Crippen LogP contribution in [0.5, 0.6) is 0 Å². The molecular weight excluding hydrogens is 480 g/mol. The number of aromatic nitrogens is 1. The van der Waals surface area contributed by atoms with Crippen molar-refractivity contribution in [2.24, 2.45) is 16.5 Å². The van der Waals surface area contributed by atoms with Gasteiger partial charge >= 0.3 is 0 Å². The average Bonchev–Trinajstić information content (AvgIpc) is 2.87. The number of nitrogens with zero attached hydrogens (tertiary/aromatic N) is 3. The van der Waals surface area contributed by atoms with Gasteiger partial charge < -0.3 is 16.8 Å². The summed E-state index contributed by atoms with van der Waals surface area (Å²) in [5, 5.41) is 4.34. The first-order valence-corrected chi connectivity index (χ1v) is 13.3. The molecule has 0 aliphatic heterocycles. The second-order valence-electron chi connectivity index (χ2n) is 10.0. The molecule has 0 unspecified atom stereocenters. The largest absolute Gasteiger partial charge is 0.370 e. The van der Waals surface area contributed by atoms with Crippen molar-refractivity contribution in [2.45, 2.75) is 52.6 Å². The van der Waals surface area contributed by atoms with Gasteiger partial charge in [0.05, 0.1) is 0 Å². The van der Waals surface area contributed by atoms with E-state index in [-0.39, 0.29) is 11.5 Å². The summed E-state index contributed by atoms with van der Waals surface area (Å²) < 4.78 is 0. The summed E-state index contributed by atoms with van der Waals surface area (Å²) >= 11 is 6.48. The van der Waals surface area contributed by atoms with Gasteiger partial charge in [0.2, 0.25) is 0 Å². The highest BCUT2D eigenvalue weighted by Crippen LogP contribution is 2.34. The van der Waals surface area contributed by atoms with Crippen LogP contribution in [0.25, 0.3) is 11.1 Å². The van der Waals surface area contributed by atoms with Crippen molar-refractivity contribution in [3.63, 3.8) is 0 Å². The van der Waals surface area contributed by atoms with E-state index in [0.29, 0.717) is 6.54 Å². The Morgan fingerprint density at radius 2 is 1.81 bits per heavy atom. The number of nitrogens with one attached hydrogen (secondary N) is 1. The molecule has 0 amide bonds. The molecule has 3 rings (SSSR count). The predicted molar refractivity (Wildman–Crippen MR) is 157 cm³/mol. The van der Waals surface area contributed by atoms with Crippen LogP contribution in [-0.4, -0.2) is 42.0 Å². The van der Waals surface area contributed by atoms with Gasteiger partial charge in [0.1, 0.15) is 0 Å². The Hall–Kier alpha value is -2.93. The van der Waals surface area contributed by atoms with Crippen LogP contribution in [0.4, 0.5) is 0 Å². The Bertz CT molecular complexity index is 1190. The molecule has 0 atom stereocenters. The number of pyridine rings is 1. The van der Waals surface area contributed by atoms with Gasteiger partial charge in [-0.2, -0.15) is 0 Å². The summed E-state index contributed by atoms with van der Waals surface area (Å²) in [7, 11) is 0. The van der Waals surface area contributed by atoms with Crippen LogP contribution in [0.1, 0.15) is 48.9 Å². The second kappa shape index (κ2) is 13.6. The molecule has 0 saturated carbocycles. The minimum Gasteiger partial charge on any atom is -0.370 e. The summed E-state index contributed by atoms with van der Waals surface area (Å²) in [5.74, 6) is 0.150. The van der Waals surface area contributed by atoms with Crippen LogP contribution in [-0.2, 0) is 12.1 Å². The molecule has 0 aliphatic carbocycles. The maximum atomic E-state index is 6.48. The number of nitrogens with two attached hydrogens (primary N) is 2. The summed E-state index contributed by atoms with van der Waals surface area (Å²) in [6.07, 6.45) is 5.72. The lowest BCUT2D eigenvalue weighted by molar-refractivity contribution is 0.108. The van der Waals surface area contributed by atoms with E-state index in [2.05, 4.69) is 84.3 Å². The van der Waals surface area contributed by atoms with Crippen molar-refractivity contribution in [1.29, 1.82) is 0 Å². The smallest absolute Gasteiger partial charge is 0.185 e. The fraction of sp³-hybridized carbons (Fsp3) is 0.400. The van der Waals surface area contributed by atoms with Crippen molar-refractivity contribution in [1.82, 2.24) is 15.2 Å². The van der Waals surface area contributed by atoms with E-state index in [1.807, 2.05) is 24.5 Å². The summed E-state index contributed by atoms with van der Waals surface area (Å²) in [4.78, 5) is 10.9. The van der Waals surface area contributed by atoms with E-state index in [9.17, 15) is 0 Å². The van der Waals surface area contributed by atoms with Gasteiger partial charge in [0.15, 0.2) is 5.96 Å². The Kier molecular flexibility index (Phi) is 10.5. The van der Waals surface area contributed by atoms with Crippen LogP contribution >= 0.6 is 11.6 Å². The molecule has 1 heterocycles. The van der Waals surface area contributed by atoms with Crippen LogP contribution in [0.15, 0.2) is 65.9 Å². The van der Waals surface area contributed by atoms with Crippen molar-refractivity contribution < 1.29 is 0 Å². The van der Waals surface area contributed by atoms with Gasteiger partial charge in [-0.15, -0.1) is 0 Å². The van der Waals surface area contributed by atoms with Crippen LogP contribution in [0, 0.1) is 13.8 Å². The van der Waals surface area contributed by atoms with E-state index >= 15 is 0 Å². The zero-order chi connectivity index (χ0) is 26.8. The fourth-order valence-corrected chi connectivity index (χ4v) is 4.76. The summed E-state index contributed by atoms with van der Waals surface area (Å²) in [6, 6.07) is 17.2. The van der Waals surface area contributed by atoms with Gasteiger partial charge in [-0.05, 0) is 105 Å². The van der Waals surface area contributed by atoms with E-state index in [1.54, 1.807) is 0 Å². The van der Waals surface area contributed by atoms with E-state index in [1.165, 1.54) is 27.8 Å². The monoisotopic (exact) mass is 520 g/mol. The molecule has 7 heteroatoms. The van der Waals surface area contributed by atoms with E-state index in [4.69, 9.17) is 23.1 Å². The highest BCUT2D eigenvalue weighted by atomic mass is 35.5. The third-order valence-corrected chi connectivity index (χ3v) is 7.43. The minimum absolute atomic E-state index is 0.150. The van der Waals surface area contributed by atoms with E-state index < -0.39 is 0 Å². The second-order valence-corrected chi connectivity index (χ2v) is 10.4. The summed E-state index contributed by atoms with van der Waals surface area (Å²) in [5.41, 5.74) is 17.9. The average molecular weight is 521 g/mol. The maximum Gasteiger partial charge on any atom is 0.185 e. The lowest BCUT2D eigenvalue weighted by atomic mass is 9.88. The molecule has 0 spiro atoms. The van der Waals surface area contributed by atoms with Crippen molar-refractivity contribution in [3.8, 4) is 11.1 Å². The number of hydrogen-bond acceptors (Lipinski definition) is 4. The number of rotatable bonds is 13. The molecule has 3 aromatic rings. The molecule has 2 aromatic carbocycles. The Balaban J connectivity index is 1.78.